The van der Waals surface area contributed by atoms with Gasteiger partial charge in [0.15, 0.2) is 0 Å². The van der Waals surface area contributed by atoms with Crippen LogP contribution in [0.1, 0.15) is 18.6 Å². The fourth-order valence-corrected chi connectivity index (χ4v) is 1.19. The van der Waals surface area contributed by atoms with E-state index in [1.165, 1.54) is 0 Å². The molecule has 76 valence electrons. The molecule has 0 fully saturated rings. The molecule has 3 nitrogen and oxygen atoms in total. The molecule has 0 saturated heterocycles. The summed E-state index contributed by atoms with van der Waals surface area (Å²) in [6, 6.07) is 7.29. The van der Waals surface area contributed by atoms with Crippen LogP contribution in [0, 0.1) is 0 Å². The van der Waals surface area contributed by atoms with Crippen molar-refractivity contribution in [3.05, 3.63) is 29.8 Å². The van der Waals surface area contributed by atoms with Crippen LogP contribution in [0.3, 0.4) is 0 Å². The van der Waals surface area contributed by atoms with Crippen LogP contribution in [0.5, 0.6) is 0 Å². The number of aliphatic hydroxyl groups excluding tert-OH is 1. The molecule has 4 heteroatoms. The number of benzene rings is 1. The van der Waals surface area contributed by atoms with Gasteiger partial charge in [-0.1, -0.05) is 18.2 Å². The lowest BCUT2D eigenvalue weighted by Crippen LogP contribution is -2.12. The quantitative estimate of drug-likeness (QED) is 0.457. The van der Waals surface area contributed by atoms with Gasteiger partial charge in [0.2, 0.25) is 0 Å². The number of amidine groups is 1. The van der Waals surface area contributed by atoms with Crippen molar-refractivity contribution in [1.82, 2.24) is 0 Å². The average molecular weight is 213 g/mol. The highest BCUT2D eigenvalue weighted by Gasteiger charge is 2.05. The monoisotopic (exact) mass is 212 g/mol. The molecule has 0 aliphatic rings. The van der Waals surface area contributed by atoms with E-state index in [1.54, 1.807) is 13.0 Å². The number of hydrogen-bond acceptors (Lipinski definition) is 2. The summed E-state index contributed by atoms with van der Waals surface area (Å²) in [7, 11) is 0. The Morgan fingerprint density at radius 1 is 1.57 bits per heavy atom. The van der Waals surface area contributed by atoms with Crippen LogP contribution in [0.25, 0.3) is 0 Å². The molecule has 0 spiro atoms. The Morgan fingerprint density at radius 2 is 2.21 bits per heavy atom. The highest BCUT2D eigenvalue weighted by atomic mass is 35.5. The Bertz CT molecular complexity index is 337. The number of alkyl halides is 1. The molecule has 0 saturated carbocycles. The Morgan fingerprint density at radius 3 is 2.79 bits per heavy atom. The topological polar surface area (TPSA) is 58.6 Å². The lowest BCUT2D eigenvalue weighted by Gasteiger charge is -2.08. The van der Waals surface area contributed by atoms with Gasteiger partial charge in [0, 0.05) is 5.56 Å². The van der Waals surface area contributed by atoms with Crippen molar-refractivity contribution in [2.24, 2.45) is 10.7 Å². The van der Waals surface area contributed by atoms with Crippen molar-refractivity contribution in [2.75, 3.05) is 5.88 Å². The van der Waals surface area contributed by atoms with Gasteiger partial charge in [0.25, 0.3) is 0 Å². The summed E-state index contributed by atoms with van der Waals surface area (Å²) in [4.78, 5) is 4.10. The lowest BCUT2D eigenvalue weighted by molar-refractivity contribution is 0.200. The van der Waals surface area contributed by atoms with Gasteiger partial charge in [0.1, 0.15) is 5.84 Å². The van der Waals surface area contributed by atoms with E-state index in [0.29, 0.717) is 11.5 Å². The zero-order chi connectivity index (χ0) is 10.6. The van der Waals surface area contributed by atoms with E-state index in [2.05, 4.69) is 4.99 Å². The number of halogens is 1. The van der Waals surface area contributed by atoms with E-state index >= 15 is 0 Å². The molecule has 0 amide bonds. The number of hydrogen-bond donors (Lipinski definition) is 2. The average Bonchev–Trinajstić information content (AvgIpc) is 2.18. The van der Waals surface area contributed by atoms with Crippen molar-refractivity contribution in [1.29, 1.82) is 0 Å². The first kappa shape index (κ1) is 11.0. The van der Waals surface area contributed by atoms with Gasteiger partial charge in [-0.3, -0.25) is 0 Å². The molecule has 1 aromatic carbocycles. The summed E-state index contributed by atoms with van der Waals surface area (Å²) in [5.41, 5.74) is 6.93. The third kappa shape index (κ3) is 2.72. The Labute approximate surface area is 88.2 Å². The van der Waals surface area contributed by atoms with Crippen LogP contribution in [0.2, 0.25) is 0 Å². The van der Waals surface area contributed by atoms with Crippen LogP contribution in [-0.4, -0.2) is 16.8 Å². The second-order valence-electron chi connectivity index (χ2n) is 2.97. The molecule has 0 aliphatic carbocycles. The molecule has 0 aromatic heterocycles. The Balaban J connectivity index is 3.07. The van der Waals surface area contributed by atoms with Crippen LogP contribution in [-0.2, 0) is 0 Å². The van der Waals surface area contributed by atoms with Crippen LogP contribution in [0.15, 0.2) is 29.3 Å². The van der Waals surface area contributed by atoms with E-state index in [0.717, 1.165) is 5.56 Å². The maximum absolute atomic E-state index is 9.45. The minimum absolute atomic E-state index is 0.189. The largest absolute Gasteiger partial charge is 0.389 e. The second-order valence-corrected chi connectivity index (χ2v) is 3.24. The molecule has 0 heterocycles. The molecule has 1 atom stereocenters. The summed E-state index contributed by atoms with van der Waals surface area (Å²) < 4.78 is 0. The maximum Gasteiger partial charge on any atom is 0.115 e. The minimum atomic E-state index is -0.557. The first-order valence-electron chi connectivity index (χ1n) is 4.31. The van der Waals surface area contributed by atoms with Gasteiger partial charge in [-0.25, -0.2) is 4.99 Å². The van der Waals surface area contributed by atoms with Crippen molar-refractivity contribution in [3.63, 3.8) is 0 Å². The number of nitrogens with zero attached hydrogens (tertiary/aromatic N) is 1. The van der Waals surface area contributed by atoms with E-state index < -0.39 is 6.10 Å². The van der Waals surface area contributed by atoms with Crippen molar-refractivity contribution < 1.29 is 5.11 Å². The number of rotatable bonds is 3. The van der Waals surface area contributed by atoms with Crippen molar-refractivity contribution in [3.8, 4) is 0 Å². The summed E-state index contributed by atoms with van der Waals surface area (Å²) in [6.07, 6.45) is -0.557. The summed E-state index contributed by atoms with van der Waals surface area (Å²) >= 11 is 5.52. The van der Waals surface area contributed by atoms with Crippen LogP contribution in [0.4, 0.5) is 5.69 Å². The highest BCUT2D eigenvalue weighted by molar-refractivity contribution is 6.28. The van der Waals surface area contributed by atoms with E-state index in [-0.39, 0.29) is 5.88 Å². The summed E-state index contributed by atoms with van der Waals surface area (Å²) in [6.45, 7) is 1.69. The first-order valence-corrected chi connectivity index (χ1v) is 4.84. The Kier molecular flexibility index (Phi) is 3.92. The Hall–Kier alpha value is -1.06. The fraction of sp³-hybridized carbons (Fsp3) is 0.300. The van der Waals surface area contributed by atoms with Crippen LogP contribution < -0.4 is 5.73 Å². The molecule has 0 radical (unpaired) electrons. The third-order valence-corrected chi connectivity index (χ3v) is 2.06. The third-order valence-electron chi connectivity index (χ3n) is 1.79. The molecular formula is C10H13ClN2O. The van der Waals surface area contributed by atoms with E-state index in [9.17, 15) is 5.11 Å². The van der Waals surface area contributed by atoms with Gasteiger partial charge in [-0.15, -0.1) is 11.6 Å². The van der Waals surface area contributed by atoms with Gasteiger partial charge in [0.05, 0.1) is 17.7 Å². The molecule has 1 aromatic rings. The van der Waals surface area contributed by atoms with Crippen molar-refractivity contribution in [2.45, 2.75) is 13.0 Å². The number of aliphatic hydroxyl groups is 1. The van der Waals surface area contributed by atoms with Gasteiger partial charge in [-0.2, -0.15) is 0 Å². The SMILES string of the molecule is CC(O)c1ccccc1N=C(N)CCl. The maximum atomic E-state index is 9.45. The summed E-state index contributed by atoms with van der Waals surface area (Å²) in [5, 5.41) is 9.45. The lowest BCUT2D eigenvalue weighted by atomic mass is 10.1. The van der Waals surface area contributed by atoms with Gasteiger partial charge < -0.3 is 10.8 Å². The second kappa shape index (κ2) is 4.98. The molecule has 14 heavy (non-hydrogen) atoms. The zero-order valence-corrected chi connectivity index (χ0v) is 8.70. The first-order chi connectivity index (χ1) is 6.65. The molecule has 1 rings (SSSR count). The fourth-order valence-electron chi connectivity index (χ4n) is 1.13. The molecular weight excluding hydrogens is 200 g/mol. The smallest absolute Gasteiger partial charge is 0.115 e. The number of para-hydroxylation sites is 1. The molecule has 3 N–H and O–H groups in total. The summed E-state index contributed by atoms with van der Waals surface area (Å²) in [5.74, 6) is 0.536. The van der Waals surface area contributed by atoms with Crippen LogP contribution >= 0.6 is 11.6 Å². The number of aliphatic imine (C=N–C) groups is 1. The molecule has 0 aliphatic heterocycles. The predicted molar refractivity (Wildman–Crippen MR) is 59.1 cm³/mol. The van der Waals surface area contributed by atoms with E-state index in [1.807, 2.05) is 18.2 Å². The van der Waals surface area contributed by atoms with Gasteiger partial charge in [-0.05, 0) is 13.0 Å². The minimum Gasteiger partial charge on any atom is -0.389 e. The normalized spacial score (nSPS) is 14.1. The van der Waals surface area contributed by atoms with E-state index in [4.69, 9.17) is 17.3 Å². The number of nitrogens with two attached hydrogens (primary N) is 1. The highest BCUT2D eigenvalue weighted by Crippen LogP contribution is 2.24. The van der Waals surface area contributed by atoms with Gasteiger partial charge >= 0.3 is 0 Å². The van der Waals surface area contributed by atoms with Crippen molar-refractivity contribution >= 4 is 23.1 Å². The standard InChI is InChI=1S/C10H13ClN2O/c1-7(14)8-4-2-3-5-9(8)13-10(12)6-11/h2-5,7,14H,6H2,1H3,(H2,12,13). The predicted octanol–water partition coefficient (Wildman–Crippen LogP) is 1.97. The molecule has 0 bridgehead atoms. The molecule has 1 unspecified atom stereocenters. The zero-order valence-electron chi connectivity index (χ0n) is 7.94.